The van der Waals surface area contributed by atoms with Gasteiger partial charge in [0.1, 0.15) is 0 Å². The monoisotopic (exact) mass is 356 g/mol. The topological polar surface area (TPSA) is 0 Å². The van der Waals surface area contributed by atoms with E-state index in [2.05, 4.69) is 106 Å². The maximum atomic E-state index is 2.52. The molecule has 2 unspecified atom stereocenters. The van der Waals surface area contributed by atoms with Crippen LogP contribution < -0.4 is 0 Å². The Morgan fingerprint density at radius 2 is 1.12 bits per heavy atom. The highest BCUT2D eigenvalue weighted by Crippen LogP contribution is 2.48. The van der Waals surface area contributed by atoms with Gasteiger partial charge >= 0.3 is 0 Å². The molecular weight excluding hydrogens is 312 g/mol. The van der Waals surface area contributed by atoms with E-state index in [1.807, 2.05) is 0 Å². The number of allylic oxidation sites excluding steroid dienone is 2. The molecule has 0 spiro atoms. The van der Waals surface area contributed by atoms with Crippen LogP contribution in [0.1, 0.15) is 106 Å². The van der Waals surface area contributed by atoms with Gasteiger partial charge in [-0.15, -0.1) is 0 Å². The molecular formula is C26H44. The number of benzene rings is 1. The Bertz CT molecular complexity index is 587. The Morgan fingerprint density at radius 1 is 0.615 bits per heavy atom. The number of hydrogen-bond acceptors (Lipinski definition) is 0. The largest absolute Gasteiger partial charge is 0.0823 e. The first-order chi connectivity index (χ1) is 11.9. The molecule has 0 fully saturated rings. The van der Waals surface area contributed by atoms with E-state index in [1.54, 1.807) is 0 Å². The molecule has 0 aromatic heterocycles. The van der Waals surface area contributed by atoms with Gasteiger partial charge in [0, 0.05) is 5.41 Å². The average Bonchev–Trinajstić information content (AvgIpc) is 2.65. The zero-order valence-corrected chi connectivity index (χ0v) is 19.3. The van der Waals surface area contributed by atoms with E-state index in [-0.39, 0.29) is 21.7 Å². The van der Waals surface area contributed by atoms with Gasteiger partial charge in [0.05, 0.1) is 0 Å². The summed E-state index contributed by atoms with van der Waals surface area (Å²) in [5.41, 5.74) is 3.72. The highest BCUT2D eigenvalue weighted by atomic mass is 14.5. The van der Waals surface area contributed by atoms with E-state index >= 15 is 0 Å². The molecule has 1 aromatic rings. The summed E-state index contributed by atoms with van der Waals surface area (Å²) in [5, 5.41) is 0. The molecule has 0 amide bonds. The molecule has 0 aliphatic rings. The quantitative estimate of drug-likeness (QED) is 0.389. The van der Waals surface area contributed by atoms with Crippen LogP contribution in [-0.2, 0) is 10.8 Å². The minimum atomic E-state index is 0.136. The SMILES string of the molecule is CCC(C)(C)C=CC(C)(CC)C(C)(CC)c1ccc(C(C)(C)CC)cc1. The Morgan fingerprint density at radius 3 is 1.50 bits per heavy atom. The van der Waals surface area contributed by atoms with Crippen molar-refractivity contribution in [2.45, 2.75) is 106 Å². The van der Waals surface area contributed by atoms with Gasteiger partial charge in [0.25, 0.3) is 0 Å². The summed E-state index contributed by atoms with van der Waals surface area (Å²) in [4.78, 5) is 0. The molecule has 148 valence electrons. The molecule has 0 N–H and O–H groups in total. The minimum absolute atomic E-state index is 0.136. The summed E-state index contributed by atoms with van der Waals surface area (Å²) in [7, 11) is 0. The van der Waals surface area contributed by atoms with Crippen LogP contribution in [0.5, 0.6) is 0 Å². The van der Waals surface area contributed by atoms with Crippen LogP contribution in [0.25, 0.3) is 0 Å². The summed E-state index contributed by atoms with van der Waals surface area (Å²) in [6.45, 7) is 23.5. The second kappa shape index (κ2) is 8.32. The van der Waals surface area contributed by atoms with Crippen molar-refractivity contribution < 1.29 is 0 Å². The second-order valence-corrected chi connectivity index (χ2v) is 9.95. The van der Waals surface area contributed by atoms with E-state index in [0.717, 1.165) is 12.8 Å². The fourth-order valence-electron chi connectivity index (χ4n) is 3.65. The molecule has 0 radical (unpaired) electrons. The minimum Gasteiger partial charge on any atom is -0.0823 e. The molecule has 0 nitrogen and oxygen atoms in total. The van der Waals surface area contributed by atoms with Crippen molar-refractivity contribution in [2.75, 3.05) is 0 Å². The standard InChI is InChI=1S/C26H44/c1-11-23(5,6)19-20-25(9,13-3)26(10,14-4)22-17-15-21(16-18-22)24(7,8)12-2/h15-20H,11-14H2,1-10H3. The molecule has 0 heteroatoms. The van der Waals surface area contributed by atoms with E-state index in [0.29, 0.717) is 0 Å². The van der Waals surface area contributed by atoms with Crippen LogP contribution in [0, 0.1) is 10.8 Å². The summed E-state index contributed by atoms with van der Waals surface area (Å²) in [5.74, 6) is 0. The Labute approximate surface area is 164 Å². The van der Waals surface area contributed by atoms with Crippen molar-refractivity contribution in [3.05, 3.63) is 47.5 Å². The van der Waals surface area contributed by atoms with Gasteiger partial charge in [-0.1, -0.05) is 106 Å². The van der Waals surface area contributed by atoms with Crippen molar-refractivity contribution in [2.24, 2.45) is 10.8 Å². The molecule has 0 saturated carbocycles. The number of rotatable bonds is 9. The molecule has 1 aromatic carbocycles. The molecule has 0 saturated heterocycles. The van der Waals surface area contributed by atoms with Crippen LogP contribution in [-0.4, -0.2) is 0 Å². The van der Waals surface area contributed by atoms with Crippen molar-refractivity contribution in [3.8, 4) is 0 Å². The van der Waals surface area contributed by atoms with Gasteiger partial charge in [-0.2, -0.15) is 0 Å². The normalized spacial score (nSPS) is 17.9. The smallest absolute Gasteiger partial charge is 0.00102 e. The number of hydrogen-bond donors (Lipinski definition) is 0. The summed E-state index contributed by atoms with van der Waals surface area (Å²) >= 11 is 0. The first-order valence-corrected chi connectivity index (χ1v) is 10.7. The van der Waals surface area contributed by atoms with Crippen LogP contribution in [0.2, 0.25) is 0 Å². The van der Waals surface area contributed by atoms with Gasteiger partial charge in [-0.3, -0.25) is 0 Å². The van der Waals surface area contributed by atoms with E-state index < -0.39 is 0 Å². The van der Waals surface area contributed by atoms with Crippen LogP contribution in [0.15, 0.2) is 36.4 Å². The van der Waals surface area contributed by atoms with Crippen LogP contribution in [0.3, 0.4) is 0 Å². The summed E-state index contributed by atoms with van der Waals surface area (Å²) in [6, 6.07) is 9.51. The first kappa shape index (κ1) is 23.0. The third-order valence-corrected chi connectivity index (χ3v) is 7.70. The molecule has 0 heterocycles. The molecule has 0 bridgehead atoms. The van der Waals surface area contributed by atoms with Gasteiger partial charge < -0.3 is 0 Å². The Balaban J connectivity index is 3.34. The third kappa shape index (κ3) is 4.62. The second-order valence-electron chi connectivity index (χ2n) is 9.95. The summed E-state index contributed by atoms with van der Waals surface area (Å²) < 4.78 is 0. The van der Waals surface area contributed by atoms with E-state index in [1.165, 1.54) is 24.0 Å². The fourth-order valence-corrected chi connectivity index (χ4v) is 3.65. The van der Waals surface area contributed by atoms with Crippen molar-refractivity contribution in [1.29, 1.82) is 0 Å². The van der Waals surface area contributed by atoms with Gasteiger partial charge in [-0.05, 0) is 53.1 Å². The fraction of sp³-hybridized carbons (Fsp3) is 0.692. The molecule has 1 rings (SSSR count). The van der Waals surface area contributed by atoms with Crippen molar-refractivity contribution in [1.82, 2.24) is 0 Å². The van der Waals surface area contributed by atoms with E-state index in [9.17, 15) is 0 Å². The van der Waals surface area contributed by atoms with E-state index in [4.69, 9.17) is 0 Å². The lowest BCUT2D eigenvalue weighted by molar-refractivity contribution is 0.199. The van der Waals surface area contributed by atoms with Gasteiger partial charge in [0.2, 0.25) is 0 Å². The van der Waals surface area contributed by atoms with Crippen LogP contribution >= 0.6 is 0 Å². The lowest BCUT2D eigenvalue weighted by Crippen LogP contribution is -2.39. The highest BCUT2D eigenvalue weighted by molar-refractivity contribution is 5.35. The Kier molecular flexibility index (Phi) is 7.36. The molecule has 0 aliphatic heterocycles. The predicted octanol–water partition coefficient (Wildman–Crippen LogP) is 8.45. The predicted molar refractivity (Wildman–Crippen MR) is 119 cm³/mol. The first-order valence-electron chi connectivity index (χ1n) is 10.7. The third-order valence-electron chi connectivity index (χ3n) is 7.70. The zero-order valence-electron chi connectivity index (χ0n) is 19.3. The lowest BCUT2D eigenvalue weighted by Gasteiger charge is -2.45. The van der Waals surface area contributed by atoms with Gasteiger partial charge in [0.15, 0.2) is 0 Å². The zero-order chi connectivity index (χ0) is 20.2. The summed E-state index contributed by atoms with van der Waals surface area (Å²) in [6.07, 6.45) is 9.61. The molecule has 0 aliphatic carbocycles. The average molecular weight is 357 g/mol. The molecule has 2 atom stereocenters. The maximum Gasteiger partial charge on any atom is 0.00102 e. The van der Waals surface area contributed by atoms with Crippen LogP contribution in [0.4, 0.5) is 0 Å². The van der Waals surface area contributed by atoms with Crippen molar-refractivity contribution >= 4 is 0 Å². The Hall–Kier alpha value is -1.04. The highest BCUT2D eigenvalue weighted by Gasteiger charge is 2.41. The maximum absolute atomic E-state index is 2.52. The lowest BCUT2D eigenvalue weighted by atomic mass is 9.58. The molecule has 26 heavy (non-hydrogen) atoms. The van der Waals surface area contributed by atoms with Gasteiger partial charge in [-0.25, -0.2) is 0 Å². The van der Waals surface area contributed by atoms with Crippen molar-refractivity contribution in [3.63, 3.8) is 0 Å².